The number of rotatable bonds is 4. The normalized spacial score (nSPS) is 18.4. The number of benzene rings is 1. The van der Waals surface area contributed by atoms with E-state index in [1.54, 1.807) is 13.1 Å². The molecule has 2 rings (SSSR count). The van der Waals surface area contributed by atoms with Gasteiger partial charge in [-0.25, -0.2) is 4.39 Å². The molecule has 2 N–H and O–H groups in total. The van der Waals surface area contributed by atoms with E-state index in [1.165, 1.54) is 12.1 Å². The molecule has 0 fully saturated rings. The largest absolute Gasteiger partial charge is 0.493 e. The molecule has 0 bridgehead atoms. The van der Waals surface area contributed by atoms with Gasteiger partial charge in [-0.2, -0.15) is 0 Å². The lowest BCUT2D eigenvalue weighted by atomic mass is 9.91. The SMILES string of the molecule is CNC(=O)C(C)(C)CN[C@@H]1CCCOc2ccc(F)cc21. The fourth-order valence-electron chi connectivity index (χ4n) is 2.56. The number of amides is 1. The first kappa shape index (κ1) is 15.8. The van der Waals surface area contributed by atoms with Crippen LogP contribution >= 0.6 is 0 Å². The fourth-order valence-corrected chi connectivity index (χ4v) is 2.56. The highest BCUT2D eigenvalue weighted by Crippen LogP contribution is 2.32. The molecule has 1 aliphatic rings. The number of halogens is 1. The number of hydrogen-bond acceptors (Lipinski definition) is 3. The summed E-state index contributed by atoms with van der Waals surface area (Å²) in [5, 5.41) is 6.06. The van der Waals surface area contributed by atoms with Crippen molar-refractivity contribution in [1.82, 2.24) is 10.6 Å². The van der Waals surface area contributed by atoms with Crippen molar-refractivity contribution in [2.24, 2.45) is 5.41 Å². The van der Waals surface area contributed by atoms with Crippen LogP contribution in [0.1, 0.15) is 38.3 Å². The second-order valence-corrected chi connectivity index (χ2v) is 6.07. The summed E-state index contributed by atoms with van der Waals surface area (Å²) in [5.74, 6) is 0.445. The van der Waals surface area contributed by atoms with Gasteiger partial charge >= 0.3 is 0 Å². The lowest BCUT2D eigenvalue weighted by molar-refractivity contribution is -0.128. The van der Waals surface area contributed by atoms with Crippen LogP contribution in [0.2, 0.25) is 0 Å². The van der Waals surface area contributed by atoms with E-state index in [0.29, 0.717) is 13.2 Å². The molecule has 0 saturated heterocycles. The van der Waals surface area contributed by atoms with E-state index in [9.17, 15) is 9.18 Å². The van der Waals surface area contributed by atoms with Crippen molar-refractivity contribution in [3.05, 3.63) is 29.6 Å². The molecule has 0 spiro atoms. The van der Waals surface area contributed by atoms with Crippen LogP contribution < -0.4 is 15.4 Å². The molecule has 1 heterocycles. The van der Waals surface area contributed by atoms with Crippen molar-refractivity contribution in [2.75, 3.05) is 20.2 Å². The molecule has 0 radical (unpaired) electrons. The van der Waals surface area contributed by atoms with Gasteiger partial charge in [-0.3, -0.25) is 4.79 Å². The van der Waals surface area contributed by atoms with E-state index in [4.69, 9.17) is 4.74 Å². The van der Waals surface area contributed by atoms with E-state index in [1.807, 2.05) is 13.8 Å². The standard InChI is InChI=1S/C16H23FN2O2/c1-16(2,15(20)18-3)10-19-13-5-4-8-21-14-7-6-11(17)9-12(13)14/h6-7,9,13,19H,4-5,8,10H2,1-3H3,(H,18,20)/t13-/m1/s1. The van der Waals surface area contributed by atoms with Crippen LogP contribution in [0.3, 0.4) is 0 Å². The van der Waals surface area contributed by atoms with E-state index in [-0.39, 0.29) is 17.8 Å². The highest BCUT2D eigenvalue weighted by atomic mass is 19.1. The molecule has 1 aromatic carbocycles. The van der Waals surface area contributed by atoms with Crippen molar-refractivity contribution >= 4 is 5.91 Å². The third-order valence-electron chi connectivity index (χ3n) is 3.87. The van der Waals surface area contributed by atoms with Gasteiger partial charge in [0.05, 0.1) is 12.0 Å². The zero-order valence-corrected chi connectivity index (χ0v) is 12.8. The summed E-state index contributed by atoms with van der Waals surface area (Å²) in [4.78, 5) is 11.8. The Balaban J connectivity index is 2.14. The maximum atomic E-state index is 13.5. The van der Waals surface area contributed by atoms with Gasteiger partial charge in [-0.15, -0.1) is 0 Å². The van der Waals surface area contributed by atoms with Crippen LogP contribution in [-0.4, -0.2) is 26.1 Å². The Labute approximate surface area is 125 Å². The molecule has 21 heavy (non-hydrogen) atoms. The van der Waals surface area contributed by atoms with Gasteiger partial charge in [0.2, 0.25) is 5.91 Å². The van der Waals surface area contributed by atoms with Gasteiger partial charge in [-0.1, -0.05) is 0 Å². The summed E-state index contributed by atoms with van der Waals surface area (Å²) < 4.78 is 19.2. The molecule has 5 heteroatoms. The number of carbonyl (C=O) groups is 1. The highest BCUT2D eigenvalue weighted by Gasteiger charge is 2.29. The van der Waals surface area contributed by atoms with E-state index in [0.717, 1.165) is 24.2 Å². The van der Waals surface area contributed by atoms with Crippen LogP contribution in [0.15, 0.2) is 18.2 Å². The zero-order valence-electron chi connectivity index (χ0n) is 12.8. The maximum absolute atomic E-state index is 13.5. The molecule has 116 valence electrons. The molecule has 1 aliphatic heterocycles. The summed E-state index contributed by atoms with van der Waals surface area (Å²) in [7, 11) is 1.63. The molecular formula is C16H23FN2O2. The van der Waals surface area contributed by atoms with Gasteiger partial charge in [0.25, 0.3) is 0 Å². The minimum atomic E-state index is -0.518. The second kappa shape index (κ2) is 6.43. The zero-order chi connectivity index (χ0) is 15.5. The maximum Gasteiger partial charge on any atom is 0.226 e. The van der Waals surface area contributed by atoms with Crippen LogP contribution in [0, 0.1) is 11.2 Å². The third kappa shape index (κ3) is 3.73. The monoisotopic (exact) mass is 294 g/mol. The van der Waals surface area contributed by atoms with E-state index in [2.05, 4.69) is 10.6 Å². The summed E-state index contributed by atoms with van der Waals surface area (Å²) >= 11 is 0. The van der Waals surface area contributed by atoms with Gasteiger partial charge in [0.15, 0.2) is 0 Å². The van der Waals surface area contributed by atoms with Gasteiger partial charge in [-0.05, 0) is 44.9 Å². The van der Waals surface area contributed by atoms with Crippen molar-refractivity contribution < 1.29 is 13.9 Å². The predicted molar refractivity (Wildman–Crippen MR) is 79.7 cm³/mol. The Morgan fingerprint density at radius 3 is 2.95 bits per heavy atom. The Kier molecular flexibility index (Phi) is 4.83. The van der Waals surface area contributed by atoms with Crippen molar-refractivity contribution in [3.8, 4) is 5.75 Å². The Morgan fingerprint density at radius 2 is 2.24 bits per heavy atom. The number of hydrogen-bond donors (Lipinski definition) is 2. The minimum Gasteiger partial charge on any atom is -0.493 e. The molecule has 0 unspecified atom stereocenters. The lowest BCUT2D eigenvalue weighted by Gasteiger charge is -2.27. The van der Waals surface area contributed by atoms with Gasteiger partial charge in [0.1, 0.15) is 11.6 Å². The molecule has 1 atom stereocenters. The molecular weight excluding hydrogens is 271 g/mol. The molecule has 1 aromatic rings. The fraction of sp³-hybridized carbons (Fsp3) is 0.562. The highest BCUT2D eigenvalue weighted by molar-refractivity contribution is 5.81. The molecule has 0 aromatic heterocycles. The number of nitrogens with one attached hydrogen (secondary N) is 2. The summed E-state index contributed by atoms with van der Waals surface area (Å²) in [6, 6.07) is 4.61. The first-order valence-electron chi connectivity index (χ1n) is 7.32. The van der Waals surface area contributed by atoms with Crippen LogP contribution in [-0.2, 0) is 4.79 Å². The Bertz CT molecular complexity index is 517. The summed E-state index contributed by atoms with van der Waals surface area (Å²) in [6.07, 6.45) is 1.76. The third-order valence-corrected chi connectivity index (χ3v) is 3.87. The Hall–Kier alpha value is -1.62. The summed E-state index contributed by atoms with van der Waals surface area (Å²) in [6.45, 7) is 4.93. The average Bonchev–Trinajstić information content (AvgIpc) is 2.66. The second-order valence-electron chi connectivity index (χ2n) is 6.07. The van der Waals surface area contributed by atoms with Crippen molar-refractivity contribution in [2.45, 2.75) is 32.7 Å². The quantitative estimate of drug-likeness (QED) is 0.896. The predicted octanol–water partition coefficient (Wildman–Crippen LogP) is 2.40. The van der Waals surface area contributed by atoms with Crippen LogP contribution in [0.25, 0.3) is 0 Å². The lowest BCUT2D eigenvalue weighted by Crippen LogP contribution is -2.43. The number of ether oxygens (including phenoxy) is 1. The van der Waals surface area contributed by atoms with Crippen LogP contribution in [0.4, 0.5) is 4.39 Å². The van der Waals surface area contributed by atoms with Crippen molar-refractivity contribution in [3.63, 3.8) is 0 Å². The number of fused-ring (bicyclic) bond motifs is 1. The van der Waals surface area contributed by atoms with Crippen LogP contribution in [0.5, 0.6) is 5.75 Å². The topological polar surface area (TPSA) is 50.4 Å². The molecule has 1 amide bonds. The first-order chi connectivity index (χ1) is 9.94. The van der Waals surface area contributed by atoms with Crippen molar-refractivity contribution in [1.29, 1.82) is 0 Å². The molecule has 0 aliphatic carbocycles. The molecule has 0 saturated carbocycles. The van der Waals surface area contributed by atoms with Gasteiger partial charge < -0.3 is 15.4 Å². The first-order valence-corrected chi connectivity index (χ1v) is 7.32. The molecule has 4 nitrogen and oxygen atoms in total. The Morgan fingerprint density at radius 1 is 1.48 bits per heavy atom. The summed E-state index contributed by atoms with van der Waals surface area (Å²) in [5.41, 5.74) is 0.315. The minimum absolute atomic E-state index is 0.00197. The van der Waals surface area contributed by atoms with Gasteiger partial charge in [0, 0.05) is 25.2 Å². The van der Waals surface area contributed by atoms with E-state index < -0.39 is 5.41 Å². The van der Waals surface area contributed by atoms with E-state index >= 15 is 0 Å². The number of carbonyl (C=O) groups excluding carboxylic acids is 1. The smallest absolute Gasteiger partial charge is 0.226 e. The average molecular weight is 294 g/mol.